The maximum absolute atomic E-state index is 11.4. The average molecular weight is 225 g/mol. The Bertz CT molecular complexity index is 367. The molecule has 1 aromatic carbocycles. The van der Waals surface area contributed by atoms with Gasteiger partial charge in [-0.05, 0) is 11.6 Å². The van der Waals surface area contributed by atoms with E-state index in [0.29, 0.717) is 18.0 Å². The summed E-state index contributed by atoms with van der Waals surface area (Å²) in [5.41, 5.74) is 0.996. The summed E-state index contributed by atoms with van der Waals surface area (Å²) in [6, 6.07) is 7.66. The molecule has 1 fully saturated rings. The Labute approximate surface area is 93.8 Å². The van der Waals surface area contributed by atoms with Crippen LogP contribution in [0.4, 0.5) is 0 Å². The Hall–Kier alpha value is -1.06. The van der Waals surface area contributed by atoms with Crippen molar-refractivity contribution in [3.63, 3.8) is 0 Å². The van der Waals surface area contributed by atoms with Crippen LogP contribution in [0.1, 0.15) is 18.0 Å². The minimum Gasteiger partial charge on any atom is -0.355 e. The molecule has 1 aliphatic heterocycles. The number of hydrogen-bond donors (Lipinski definition) is 2. The molecule has 0 bridgehead atoms. The van der Waals surface area contributed by atoms with Gasteiger partial charge in [0.1, 0.15) is 0 Å². The highest BCUT2D eigenvalue weighted by atomic mass is 35.5. The molecule has 0 aromatic heterocycles. The van der Waals surface area contributed by atoms with Crippen molar-refractivity contribution in [3.05, 3.63) is 34.9 Å². The van der Waals surface area contributed by atoms with E-state index in [2.05, 4.69) is 10.6 Å². The standard InChI is InChI=1S/C11H13ClN2O/c12-9-4-2-1-3-8(9)10-7-11(15)14-6-5-13-10/h1-4,10,13H,5-7H2,(H,14,15). The van der Waals surface area contributed by atoms with Gasteiger partial charge in [-0.3, -0.25) is 4.79 Å². The van der Waals surface area contributed by atoms with E-state index in [9.17, 15) is 4.79 Å². The summed E-state index contributed by atoms with van der Waals surface area (Å²) in [5, 5.41) is 6.83. The van der Waals surface area contributed by atoms with E-state index in [1.165, 1.54) is 0 Å². The summed E-state index contributed by atoms with van der Waals surface area (Å²) < 4.78 is 0. The van der Waals surface area contributed by atoms with E-state index in [4.69, 9.17) is 11.6 Å². The zero-order valence-corrected chi connectivity index (χ0v) is 9.05. The van der Waals surface area contributed by atoms with E-state index >= 15 is 0 Å². The monoisotopic (exact) mass is 224 g/mol. The molecule has 15 heavy (non-hydrogen) atoms. The lowest BCUT2D eigenvalue weighted by molar-refractivity contribution is -0.121. The maximum Gasteiger partial charge on any atom is 0.221 e. The van der Waals surface area contributed by atoms with E-state index in [1.807, 2.05) is 24.3 Å². The molecule has 0 aliphatic carbocycles. The minimum absolute atomic E-state index is 0.0289. The third-order valence-corrected chi connectivity index (χ3v) is 2.85. The highest BCUT2D eigenvalue weighted by Gasteiger charge is 2.19. The third kappa shape index (κ3) is 2.49. The van der Waals surface area contributed by atoms with Gasteiger partial charge in [0.25, 0.3) is 0 Å². The molecule has 1 amide bonds. The quantitative estimate of drug-likeness (QED) is 0.759. The van der Waals surface area contributed by atoms with Gasteiger partial charge < -0.3 is 10.6 Å². The van der Waals surface area contributed by atoms with Gasteiger partial charge in [-0.1, -0.05) is 29.8 Å². The first-order valence-electron chi connectivity index (χ1n) is 5.02. The number of benzene rings is 1. The van der Waals surface area contributed by atoms with Crippen LogP contribution in [0.5, 0.6) is 0 Å². The number of carbonyl (C=O) groups excluding carboxylic acids is 1. The number of carbonyl (C=O) groups is 1. The number of amides is 1. The van der Waals surface area contributed by atoms with Gasteiger partial charge >= 0.3 is 0 Å². The van der Waals surface area contributed by atoms with Crippen LogP contribution >= 0.6 is 11.6 Å². The molecule has 1 unspecified atom stereocenters. The molecule has 1 atom stereocenters. The summed E-state index contributed by atoms with van der Waals surface area (Å²) in [6.07, 6.45) is 0.448. The van der Waals surface area contributed by atoms with Crippen molar-refractivity contribution in [2.75, 3.05) is 13.1 Å². The van der Waals surface area contributed by atoms with Gasteiger partial charge in [0, 0.05) is 30.6 Å². The van der Waals surface area contributed by atoms with Gasteiger partial charge in [-0.25, -0.2) is 0 Å². The number of halogens is 1. The lowest BCUT2D eigenvalue weighted by Crippen LogP contribution is -2.24. The van der Waals surface area contributed by atoms with Crippen LogP contribution in [0.25, 0.3) is 0 Å². The normalized spacial score (nSPS) is 21.9. The van der Waals surface area contributed by atoms with Crippen LogP contribution in [0, 0.1) is 0 Å². The molecular weight excluding hydrogens is 212 g/mol. The second kappa shape index (κ2) is 4.64. The molecular formula is C11H13ClN2O. The first-order chi connectivity index (χ1) is 7.27. The first kappa shape index (κ1) is 10.5. The third-order valence-electron chi connectivity index (χ3n) is 2.51. The molecule has 0 spiro atoms. The van der Waals surface area contributed by atoms with Gasteiger partial charge in [0.05, 0.1) is 0 Å². The lowest BCUT2D eigenvalue weighted by atomic mass is 10.0. The van der Waals surface area contributed by atoms with Crippen LogP contribution < -0.4 is 10.6 Å². The molecule has 2 N–H and O–H groups in total. The summed E-state index contributed by atoms with van der Waals surface area (Å²) in [6.45, 7) is 1.46. The molecule has 0 saturated carbocycles. The van der Waals surface area contributed by atoms with Crippen LogP contribution in [-0.2, 0) is 4.79 Å². The zero-order valence-electron chi connectivity index (χ0n) is 8.29. The Balaban J connectivity index is 2.22. The second-order valence-electron chi connectivity index (χ2n) is 3.58. The Morgan fingerprint density at radius 2 is 2.07 bits per heavy atom. The predicted octanol–water partition coefficient (Wildman–Crippen LogP) is 1.49. The highest BCUT2D eigenvalue weighted by molar-refractivity contribution is 6.31. The highest BCUT2D eigenvalue weighted by Crippen LogP contribution is 2.25. The molecule has 3 nitrogen and oxygen atoms in total. The fourth-order valence-electron chi connectivity index (χ4n) is 1.76. The van der Waals surface area contributed by atoms with Crippen LogP contribution in [0.3, 0.4) is 0 Å². The van der Waals surface area contributed by atoms with Crippen molar-refractivity contribution in [2.24, 2.45) is 0 Å². The van der Waals surface area contributed by atoms with Crippen LogP contribution in [-0.4, -0.2) is 19.0 Å². The van der Waals surface area contributed by atoms with Crippen molar-refractivity contribution >= 4 is 17.5 Å². The summed E-state index contributed by atoms with van der Waals surface area (Å²) in [7, 11) is 0. The molecule has 2 rings (SSSR count). The van der Waals surface area contributed by atoms with Crippen molar-refractivity contribution in [3.8, 4) is 0 Å². The minimum atomic E-state index is 0.0289. The molecule has 0 radical (unpaired) electrons. The van der Waals surface area contributed by atoms with E-state index in [1.54, 1.807) is 0 Å². The topological polar surface area (TPSA) is 41.1 Å². The van der Waals surface area contributed by atoms with Crippen molar-refractivity contribution in [1.82, 2.24) is 10.6 Å². The zero-order chi connectivity index (χ0) is 10.7. The smallest absolute Gasteiger partial charge is 0.221 e. The number of hydrogen-bond acceptors (Lipinski definition) is 2. The Morgan fingerprint density at radius 3 is 2.87 bits per heavy atom. The summed E-state index contributed by atoms with van der Waals surface area (Å²) >= 11 is 6.09. The van der Waals surface area contributed by atoms with Gasteiger partial charge in [-0.15, -0.1) is 0 Å². The summed E-state index contributed by atoms with van der Waals surface area (Å²) in [5.74, 6) is 0.0740. The van der Waals surface area contributed by atoms with Gasteiger partial charge in [0.2, 0.25) is 5.91 Å². The number of rotatable bonds is 1. The van der Waals surface area contributed by atoms with Crippen molar-refractivity contribution in [1.29, 1.82) is 0 Å². The van der Waals surface area contributed by atoms with E-state index in [-0.39, 0.29) is 11.9 Å². The summed E-state index contributed by atoms with van der Waals surface area (Å²) in [4.78, 5) is 11.4. The van der Waals surface area contributed by atoms with E-state index < -0.39 is 0 Å². The van der Waals surface area contributed by atoms with Gasteiger partial charge in [-0.2, -0.15) is 0 Å². The Morgan fingerprint density at radius 1 is 1.27 bits per heavy atom. The maximum atomic E-state index is 11.4. The fraction of sp³-hybridized carbons (Fsp3) is 0.364. The lowest BCUT2D eigenvalue weighted by Gasteiger charge is -2.16. The Kier molecular flexibility index (Phi) is 3.23. The SMILES string of the molecule is O=C1CC(c2ccccc2Cl)NCCN1. The van der Waals surface area contributed by atoms with Crippen LogP contribution in [0.2, 0.25) is 5.02 Å². The van der Waals surface area contributed by atoms with Crippen LogP contribution in [0.15, 0.2) is 24.3 Å². The van der Waals surface area contributed by atoms with Crippen molar-refractivity contribution in [2.45, 2.75) is 12.5 Å². The molecule has 1 aromatic rings. The molecule has 4 heteroatoms. The van der Waals surface area contributed by atoms with Crippen molar-refractivity contribution < 1.29 is 4.79 Å². The van der Waals surface area contributed by atoms with Gasteiger partial charge in [0.15, 0.2) is 0 Å². The molecule has 80 valence electrons. The van der Waals surface area contributed by atoms with E-state index in [0.717, 1.165) is 12.1 Å². The first-order valence-corrected chi connectivity index (χ1v) is 5.39. The molecule has 1 saturated heterocycles. The molecule has 1 heterocycles. The second-order valence-corrected chi connectivity index (χ2v) is 3.99. The fourth-order valence-corrected chi connectivity index (χ4v) is 2.02. The molecule has 1 aliphatic rings. The predicted molar refractivity (Wildman–Crippen MR) is 59.8 cm³/mol. The average Bonchev–Trinajstić information content (AvgIpc) is 2.43. The number of nitrogens with one attached hydrogen (secondary N) is 2. The largest absolute Gasteiger partial charge is 0.355 e.